The number of aromatic nitrogens is 3. The zero-order valence-electron chi connectivity index (χ0n) is 25.5. The molecule has 0 fully saturated rings. The highest BCUT2D eigenvalue weighted by molar-refractivity contribution is 7.99. The minimum Gasteiger partial charge on any atom is -0.493 e. The molecule has 0 radical (unpaired) electrons. The fourth-order valence-electron chi connectivity index (χ4n) is 5.33. The van der Waals surface area contributed by atoms with Gasteiger partial charge in [-0.15, -0.1) is 21.5 Å². The molecule has 3 heterocycles. The molecule has 1 atom stereocenters. The summed E-state index contributed by atoms with van der Waals surface area (Å²) in [6, 6.07) is 26.3. The van der Waals surface area contributed by atoms with Crippen molar-refractivity contribution < 1.29 is 19.1 Å². The Morgan fingerprint density at radius 3 is 2.54 bits per heavy atom. The van der Waals surface area contributed by atoms with Crippen molar-refractivity contribution >= 4 is 40.6 Å². The SMILES string of the molecule is COc1cccc([C@@H]2CC(c3cccs3)=NN2C(=O)CSc2nnc(CNC(=O)c3cccc(C)c3)n2-c2ccccc2)c1OC. The summed E-state index contributed by atoms with van der Waals surface area (Å²) in [7, 11) is 3.19. The van der Waals surface area contributed by atoms with E-state index in [0.29, 0.717) is 34.5 Å². The molecule has 0 bridgehead atoms. The van der Waals surface area contributed by atoms with Crippen LogP contribution in [0.4, 0.5) is 0 Å². The molecule has 0 saturated carbocycles. The normalized spacial score (nSPS) is 14.2. The second kappa shape index (κ2) is 14.0. The highest BCUT2D eigenvalue weighted by Crippen LogP contribution is 2.42. The number of nitrogens with zero attached hydrogens (tertiary/aromatic N) is 5. The number of rotatable bonds is 11. The highest BCUT2D eigenvalue weighted by atomic mass is 32.2. The van der Waals surface area contributed by atoms with E-state index in [9.17, 15) is 9.59 Å². The average molecular weight is 653 g/mol. The van der Waals surface area contributed by atoms with Crippen LogP contribution in [0, 0.1) is 6.92 Å². The topological polar surface area (TPSA) is 111 Å². The molecule has 3 aromatic carbocycles. The molecule has 2 aromatic heterocycles. The van der Waals surface area contributed by atoms with E-state index in [0.717, 1.165) is 27.4 Å². The van der Waals surface area contributed by atoms with Crippen molar-refractivity contribution in [2.75, 3.05) is 20.0 Å². The Labute approximate surface area is 275 Å². The third kappa shape index (κ3) is 6.53. The van der Waals surface area contributed by atoms with Gasteiger partial charge in [0.1, 0.15) is 0 Å². The van der Waals surface area contributed by atoms with E-state index in [2.05, 4.69) is 15.5 Å². The van der Waals surface area contributed by atoms with Gasteiger partial charge in [-0.25, -0.2) is 5.01 Å². The van der Waals surface area contributed by atoms with Crippen LogP contribution in [0.15, 0.2) is 101 Å². The van der Waals surface area contributed by atoms with Crippen LogP contribution in [0.5, 0.6) is 11.5 Å². The molecular formula is C34H32N6O4S2. The summed E-state index contributed by atoms with van der Waals surface area (Å²) in [5, 5.41) is 20.7. The van der Waals surface area contributed by atoms with Crippen LogP contribution in [0.1, 0.15) is 44.6 Å². The summed E-state index contributed by atoms with van der Waals surface area (Å²) >= 11 is 2.85. The van der Waals surface area contributed by atoms with Crippen LogP contribution in [0.3, 0.4) is 0 Å². The molecular weight excluding hydrogens is 621 g/mol. The zero-order chi connectivity index (χ0) is 32.0. The van der Waals surface area contributed by atoms with Gasteiger partial charge in [-0.05, 0) is 48.7 Å². The van der Waals surface area contributed by atoms with Gasteiger partial charge in [0, 0.05) is 23.2 Å². The lowest BCUT2D eigenvalue weighted by Gasteiger charge is -2.24. The van der Waals surface area contributed by atoms with Crippen LogP contribution in [-0.4, -0.2) is 57.3 Å². The van der Waals surface area contributed by atoms with E-state index < -0.39 is 0 Å². The Balaban J connectivity index is 1.25. The van der Waals surface area contributed by atoms with E-state index in [1.54, 1.807) is 36.6 Å². The number of thiophene rings is 1. The maximum absolute atomic E-state index is 13.9. The first-order valence-electron chi connectivity index (χ1n) is 14.6. The quantitative estimate of drug-likeness (QED) is 0.173. The summed E-state index contributed by atoms with van der Waals surface area (Å²) in [5.41, 5.74) is 4.04. The fourth-order valence-corrected chi connectivity index (χ4v) is 6.88. The number of thioether (sulfide) groups is 1. The van der Waals surface area contributed by atoms with E-state index in [4.69, 9.17) is 14.6 Å². The number of hydrazone groups is 1. The molecule has 234 valence electrons. The predicted octanol–water partition coefficient (Wildman–Crippen LogP) is 6.05. The van der Waals surface area contributed by atoms with Crippen molar-refractivity contribution in [1.29, 1.82) is 0 Å². The van der Waals surface area contributed by atoms with Gasteiger partial charge in [0.15, 0.2) is 22.5 Å². The van der Waals surface area contributed by atoms with E-state index in [1.165, 1.54) is 11.8 Å². The number of para-hydroxylation sites is 2. The molecule has 0 unspecified atom stereocenters. The number of hydrogen-bond donors (Lipinski definition) is 1. The predicted molar refractivity (Wildman–Crippen MR) is 179 cm³/mol. The van der Waals surface area contributed by atoms with Gasteiger partial charge in [-0.2, -0.15) is 5.10 Å². The number of carbonyl (C=O) groups excluding carboxylic acids is 2. The maximum Gasteiger partial charge on any atom is 0.253 e. The van der Waals surface area contributed by atoms with Crippen molar-refractivity contribution in [2.24, 2.45) is 5.10 Å². The molecule has 5 aromatic rings. The number of carbonyl (C=O) groups is 2. The molecule has 0 aliphatic carbocycles. The number of amides is 2. The van der Waals surface area contributed by atoms with Crippen LogP contribution >= 0.6 is 23.1 Å². The first-order chi connectivity index (χ1) is 22.5. The number of hydrogen-bond acceptors (Lipinski definition) is 9. The number of methoxy groups -OCH3 is 2. The molecule has 1 aliphatic rings. The molecule has 2 amide bonds. The van der Waals surface area contributed by atoms with Gasteiger partial charge in [0.25, 0.3) is 11.8 Å². The number of ether oxygens (including phenoxy) is 2. The summed E-state index contributed by atoms with van der Waals surface area (Å²) in [4.78, 5) is 27.8. The van der Waals surface area contributed by atoms with E-state index in [1.807, 2.05) is 95.7 Å². The Morgan fingerprint density at radius 2 is 1.80 bits per heavy atom. The van der Waals surface area contributed by atoms with Crippen molar-refractivity contribution in [3.63, 3.8) is 0 Å². The van der Waals surface area contributed by atoms with E-state index in [-0.39, 0.29) is 30.2 Å². The van der Waals surface area contributed by atoms with Gasteiger partial charge >= 0.3 is 0 Å². The summed E-state index contributed by atoms with van der Waals surface area (Å²) < 4.78 is 13.1. The zero-order valence-corrected chi connectivity index (χ0v) is 27.2. The molecule has 1 aliphatic heterocycles. The Kier molecular flexibility index (Phi) is 9.46. The Hall–Kier alpha value is -4.94. The summed E-state index contributed by atoms with van der Waals surface area (Å²) in [5.74, 6) is 1.37. The molecule has 6 rings (SSSR count). The molecule has 0 spiro atoms. The second-order valence-corrected chi connectivity index (χ2v) is 12.4. The average Bonchev–Trinajstić information content (AvgIpc) is 3.86. The Morgan fingerprint density at radius 1 is 0.978 bits per heavy atom. The second-order valence-electron chi connectivity index (χ2n) is 10.5. The van der Waals surface area contributed by atoms with Crippen molar-refractivity contribution in [3.05, 3.63) is 118 Å². The van der Waals surface area contributed by atoms with Crippen LogP contribution in [0.25, 0.3) is 5.69 Å². The minimum absolute atomic E-state index is 0.0601. The lowest BCUT2D eigenvalue weighted by atomic mass is 9.99. The molecule has 10 nitrogen and oxygen atoms in total. The van der Waals surface area contributed by atoms with Gasteiger partial charge < -0.3 is 14.8 Å². The van der Waals surface area contributed by atoms with Gasteiger partial charge in [-0.3, -0.25) is 14.2 Å². The first kappa shape index (κ1) is 31.1. The first-order valence-corrected chi connectivity index (χ1v) is 16.4. The maximum atomic E-state index is 13.9. The van der Waals surface area contributed by atoms with Gasteiger partial charge in [0.05, 0.1) is 43.1 Å². The highest BCUT2D eigenvalue weighted by Gasteiger charge is 2.36. The molecule has 46 heavy (non-hydrogen) atoms. The number of aryl methyl sites for hydroxylation is 1. The minimum atomic E-state index is -0.380. The fraction of sp³-hybridized carbons (Fsp3) is 0.206. The van der Waals surface area contributed by atoms with E-state index >= 15 is 0 Å². The molecule has 12 heteroatoms. The Bertz CT molecular complexity index is 1870. The summed E-state index contributed by atoms with van der Waals surface area (Å²) in [6.45, 7) is 2.10. The largest absolute Gasteiger partial charge is 0.493 e. The monoisotopic (exact) mass is 652 g/mol. The van der Waals surface area contributed by atoms with Crippen molar-refractivity contribution in [1.82, 2.24) is 25.1 Å². The van der Waals surface area contributed by atoms with Crippen molar-refractivity contribution in [2.45, 2.75) is 31.1 Å². The standard InChI is InChI=1S/C34H32N6O4S2/c1-22-10-7-11-23(18-22)33(42)35-20-30-36-37-34(39(30)24-12-5-4-6-13-24)46-21-31(41)40-27(19-26(38-40)29-16-9-17-45-29)25-14-8-15-28(43-2)32(25)44-3/h4-18,27H,19-21H2,1-3H3,(H,35,42)/t27-/m0/s1. The van der Waals surface area contributed by atoms with Gasteiger partial charge in [0.2, 0.25) is 0 Å². The third-order valence-corrected chi connectivity index (χ3v) is 9.32. The van der Waals surface area contributed by atoms with Crippen LogP contribution in [0.2, 0.25) is 0 Å². The van der Waals surface area contributed by atoms with Crippen LogP contribution < -0.4 is 14.8 Å². The smallest absolute Gasteiger partial charge is 0.253 e. The van der Waals surface area contributed by atoms with Crippen LogP contribution in [-0.2, 0) is 11.3 Å². The van der Waals surface area contributed by atoms with Crippen molar-refractivity contribution in [3.8, 4) is 17.2 Å². The lowest BCUT2D eigenvalue weighted by molar-refractivity contribution is -0.130. The summed E-state index contributed by atoms with van der Waals surface area (Å²) in [6.07, 6.45) is 0.533. The molecule has 0 saturated heterocycles. The number of benzene rings is 3. The van der Waals surface area contributed by atoms with Gasteiger partial charge in [-0.1, -0.05) is 65.9 Å². The third-order valence-electron chi connectivity index (χ3n) is 7.49. The lowest BCUT2D eigenvalue weighted by Crippen LogP contribution is -2.29. The number of nitrogens with one attached hydrogen (secondary N) is 1. The molecule has 1 N–H and O–H groups in total.